The molecule has 0 atom stereocenters. The first-order valence-corrected chi connectivity index (χ1v) is 6.54. The van der Waals surface area contributed by atoms with Gasteiger partial charge in [-0.1, -0.05) is 6.92 Å². The van der Waals surface area contributed by atoms with Gasteiger partial charge in [-0.05, 0) is 32.1 Å². The molecule has 0 bridgehead atoms. The average molecular weight is 237 g/mol. The Morgan fingerprint density at radius 2 is 2.12 bits per heavy atom. The van der Waals surface area contributed by atoms with E-state index in [4.69, 9.17) is 4.74 Å². The Hall–Kier alpha value is -1.03. The lowest BCUT2D eigenvalue weighted by molar-refractivity contribution is 0.0682. The van der Waals surface area contributed by atoms with Crippen LogP contribution in [0.2, 0.25) is 0 Å². The quantitative estimate of drug-likeness (QED) is 0.873. The average Bonchev–Trinajstić information content (AvgIpc) is 2.70. The van der Waals surface area contributed by atoms with Crippen LogP contribution in [0, 0.1) is 0 Å². The van der Waals surface area contributed by atoms with Crippen LogP contribution in [0.15, 0.2) is 6.20 Å². The number of aryl methyl sites for hydroxylation is 2. The Morgan fingerprint density at radius 3 is 2.71 bits per heavy atom. The first kappa shape index (κ1) is 12.4. The summed E-state index contributed by atoms with van der Waals surface area (Å²) in [6.45, 7) is 2.15. The minimum Gasteiger partial charge on any atom is -0.381 e. The van der Waals surface area contributed by atoms with Gasteiger partial charge in [0.05, 0.1) is 17.5 Å². The number of anilines is 1. The maximum Gasteiger partial charge on any atom is 0.0853 e. The van der Waals surface area contributed by atoms with Crippen LogP contribution in [0.5, 0.6) is 0 Å². The summed E-state index contributed by atoms with van der Waals surface area (Å²) in [5.41, 5.74) is 2.37. The molecule has 0 amide bonds. The van der Waals surface area contributed by atoms with E-state index in [-0.39, 0.29) is 0 Å². The molecule has 96 valence electrons. The van der Waals surface area contributed by atoms with Crippen molar-refractivity contribution in [2.45, 2.75) is 51.2 Å². The molecule has 1 aliphatic carbocycles. The van der Waals surface area contributed by atoms with Gasteiger partial charge in [-0.3, -0.25) is 4.68 Å². The Bertz CT molecular complexity index is 354. The van der Waals surface area contributed by atoms with E-state index in [2.05, 4.69) is 23.5 Å². The van der Waals surface area contributed by atoms with E-state index in [1.54, 1.807) is 0 Å². The molecule has 0 spiro atoms. The second-order valence-corrected chi connectivity index (χ2v) is 4.87. The molecule has 1 saturated carbocycles. The highest BCUT2D eigenvalue weighted by Gasteiger charge is 2.21. The third-order valence-electron chi connectivity index (χ3n) is 3.61. The molecule has 1 fully saturated rings. The Labute approximate surface area is 103 Å². The summed E-state index contributed by atoms with van der Waals surface area (Å²) in [6.07, 6.45) is 8.24. The van der Waals surface area contributed by atoms with Crippen LogP contribution in [0.4, 0.5) is 5.69 Å². The van der Waals surface area contributed by atoms with Gasteiger partial charge in [-0.15, -0.1) is 0 Å². The van der Waals surface area contributed by atoms with Crippen molar-refractivity contribution >= 4 is 5.69 Å². The summed E-state index contributed by atoms with van der Waals surface area (Å²) in [7, 11) is 3.79. The van der Waals surface area contributed by atoms with Gasteiger partial charge in [-0.2, -0.15) is 5.10 Å². The topological polar surface area (TPSA) is 39.1 Å². The smallest absolute Gasteiger partial charge is 0.0853 e. The molecule has 1 N–H and O–H groups in total. The second-order valence-electron chi connectivity index (χ2n) is 4.87. The van der Waals surface area contributed by atoms with Crippen LogP contribution in [0.1, 0.15) is 38.3 Å². The maximum atomic E-state index is 5.39. The standard InChI is InChI=1S/C13H23N3O/c1-4-12-13(9-16(2)15-12)14-10-5-7-11(17-3)8-6-10/h9-11,14H,4-8H2,1-3H3. The van der Waals surface area contributed by atoms with Crippen LogP contribution in [0.3, 0.4) is 0 Å². The fourth-order valence-electron chi connectivity index (χ4n) is 2.58. The van der Waals surface area contributed by atoms with Crippen molar-refractivity contribution in [3.05, 3.63) is 11.9 Å². The summed E-state index contributed by atoms with van der Waals surface area (Å²) in [5.74, 6) is 0. The molecular formula is C13H23N3O. The van der Waals surface area contributed by atoms with Crippen molar-refractivity contribution in [1.82, 2.24) is 9.78 Å². The first-order chi connectivity index (χ1) is 8.22. The first-order valence-electron chi connectivity index (χ1n) is 6.54. The minimum absolute atomic E-state index is 0.465. The number of nitrogens with one attached hydrogen (secondary N) is 1. The predicted octanol–water partition coefficient (Wildman–Crippen LogP) is 2.35. The van der Waals surface area contributed by atoms with Gasteiger partial charge in [-0.25, -0.2) is 0 Å². The van der Waals surface area contributed by atoms with Crippen molar-refractivity contribution in [2.75, 3.05) is 12.4 Å². The molecule has 0 unspecified atom stereocenters. The number of hydrogen-bond acceptors (Lipinski definition) is 3. The molecule has 0 radical (unpaired) electrons. The van der Waals surface area contributed by atoms with Crippen molar-refractivity contribution in [3.8, 4) is 0 Å². The summed E-state index contributed by atoms with van der Waals surface area (Å²) >= 11 is 0. The zero-order valence-electron chi connectivity index (χ0n) is 11.1. The highest BCUT2D eigenvalue weighted by atomic mass is 16.5. The SMILES string of the molecule is CCc1nn(C)cc1NC1CCC(OC)CC1. The third-order valence-corrected chi connectivity index (χ3v) is 3.61. The lowest BCUT2D eigenvalue weighted by Crippen LogP contribution is -2.29. The molecule has 1 aliphatic rings. The van der Waals surface area contributed by atoms with Crippen molar-refractivity contribution in [1.29, 1.82) is 0 Å². The normalized spacial score (nSPS) is 24.9. The highest BCUT2D eigenvalue weighted by molar-refractivity contribution is 5.47. The van der Waals surface area contributed by atoms with E-state index in [1.807, 2.05) is 18.8 Å². The number of hydrogen-bond donors (Lipinski definition) is 1. The highest BCUT2D eigenvalue weighted by Crippen LogP contribution is 2.25. The number of rotatable bonds is 4. The van der Waals surface area contributed by atoms with Crippen molar-refractivity contribution in [2.24, 2.45) is 7.05 Å². The molecule has 1 aromatic rings. The van der Waals surface area contributed by atoms with Gasteiger partial charge in [0.1, 0.15) is 0 Å². The number of nitrogens with zero attached hydrogens (tertiary/aromatic N) is 2. The Balaban J connectivity index is 1.92. The number of ether oxygens (including phenoxy) is 1. The molecule has 0 aromatic carbocycles. The van der Waals surface area contributed by atoms with Crippen molar-refractivity contribution in [3.63, 3.8) is 0 Å². The largest absolute Gasteiger partial charge is 0.381 e. The molecule has 0 aliphatic heterocycles. The Morgan fingerprint density at radius 1 is 1.41 bits per heavy atom. The fraction of sp³-hybridized carbons (Fsp3) is 0.769. The summed E-state index contributed by atoms with van der Waals surface area (Å²) in [5, 5.41) is 8.08. The van der Waals surface area contributed by atoms with E-state index in [1.165, 1.54) is 24.2 Å². The van der Waals surface area contributed by atoms with Gasteiger partial charge in [0, 0.05) is 26.4 Å². The minimum atomic E-state index is 0.465. The fourth-order valence-corrected chi connectivity index (χ4v) is 2.58. The molecule has 0 saturated heterocycles. The summed E-state index contributed by atoms with van der Waals surface area (Å²) in [6, 6.07) is 0.580. The van der Waals surface area contributed by atoms with Crippen LogP contribution >= 0.6 is 0 Å². The maximum absolute atomic E-state index is 5.39. The van der Waals surface area contributed by atoms with Crippen LogP contribution in [0.25, 0.3) is 0 Å². The zero-order chi connectivity index (χ0) is 12.3. The Kier molecular flexibility index (Phi) is 4.05. The van der Waals surface area contributed by atoms with Gasteiger partial charge in [0.2, 0.25) is 0 Å². The molecule has 4 nitrogen and oxygen atoms in total. The van der Waals surface area contributed by atoms with Crippen molar-refractivity contribution < 1.29 is 4.74 Å². The second kappa shape index (κ2) is 5.54. The van der Waals surface area contributed by atoms with Crippen LogP contribution in [-0.4, -0.2) is 29.0 Å². The number of aromatic nitrogens is 2. The monoisotopic (exact) mass is 237 g/mol. The van der Waals surface area contributed by atoms with Gasteiger partial charge in [0.15, 0.2) is 0 Å². The van der Waals surface area contributed by atoms with E-state index in [9.17, 15) is 0 Å². The van der Waals surface area contributed by atoms with Gasteiger partial charge < -0.3 is 10.1 Å². The van der Waals surface area contributed by atoms with Crippen LogP contribution in [-0.2, 0) is 18.2 Å². The summed E-state index contributed by atoms with van der Waals surface area (Å²) < 4.78 is 7.29. The third kappa shape index (κ3) is 3.00. The molecule has 2 rings (SSSR count). The predicted molar refractivity (Wildman–Crippen MR) is 69.3 cm³/mol. The molecule has 17 heavy (non-hydrogen) atoms. The van der Waals surface area contributed by atoms with E-state index in [0.717, 1.165) is 19.3 Å². The molecular weight excluding hydrogens is 214 g/mol. The van der Waals surface area contributed by atoms with Crippen LogP contribution < -0.4 is 5.32 Å². The van der Waals surface area contributed by atoms with Gasteiger partial charge >= 0.3 is 0 Å². The molecule has 1 heterocycles. The molecule has 1 aromatic heterocycles. The zero-order valence-corrected chi connectivity index (χ0v) is 11.1. The van der Waals surface area contributed by atoms with E-state index in [0.29, 0.717) is 12.1 Å². The van der Waals surface area contributed by atoms with Gasteiger partial charge in [0.25, 0.3) is 0 Å². The summed E-state index contributed by atoms with van der Waals surface area (Å²) in [4.78, 5) is 0. The van der Waals surface area contributed by atoms with E-state index >= 15 is 0 Å². The lowest BCUT2D eigenvalue weighted by atomic mass is 9.93. The number of methoxy groups -OCH3 is 1. The molecule has 4 heteroatoms. The lowest BCUT2D eigenvalue weighted by Gasteiger charge is -2.28. The van der Waals surface area contributed by atoms with E-state index < -0.39 is 0 Å².